The lowest BCUT2D eigenvalue weighted by Gasteiger charge is -2.24. The monoisotopic (exact) mass is 370 g/mol. The van der Waals surface area contributed by atoms with Gasteiger partial charge in [-0.25, -0.2) is 4.79 Å². The Morgan fingerprint density at radius 3 is 2.48 bits per heavy atom. The Bertz CT molecular complexity index is 841. The summed E-state index contributed by atoms with van der Waals surface area (Å²) in [5, 5.41) is 0.790. The number of benzene rings is 1. The second kappa shape index (κ2) is 8.37. The smallest absolute Gasteiger partial charge is 0.340 e. The van der Waals surface area contributed by atoms with Crippen molar-refractivity contribution < 1.29 is 19.1 Å². The van der Waals surface area contributed by atoms with Crippen LogP contribution in [0.4, 0.5) is 0 Å². The molecule has 1 aliphatic rings. The van der Waals surface area contributed by atoms with Gasteiger partial charge in [-0.2, -0.15) is 0 Å². The molecular weight excluding hydrogens is 344 g/mol. The molecule has 0 saturated carbocycles. The first-order chi connectivity index (χ1) is 13.0. The molecule has 1 amide bonds. The third-order valence-electron chi connectivity index (χ3n) is 4.98. The molecule has 3 rings (SSSR count). The molecule has 1 atom stereocenters. The minimum atomic E-state index is -0.809. The summed E-state index contributed by atoms with van der Waals surface area (Å²) in [6.45, 7) is 4.87. The maximum Gasteiger partial charge on any atom is 0.340 e. The zero-order valence-electron chi connectivity index (χ0n) is 16.2. The lowest BCUT2D eigenvalue weighted by atomic mass is 10.1. The number of carbonyl (C=O) groups is 2. The Balaban J connectivity index is 1.76. The normalized spacial score (nSPS) is 15.9. The van der Waals surface area contributed by atoms with Gasteiger partial charge in [-0.3, -0.25) is 9.78 Å². The van der Waals surface area contributed by atoms with Gasteiger partial charge in [0.05, 0.1) is 23.9 Å². The van der Waals surface area contributed by atoms with E-state index in [1.54, 1.807) is 31.9 Å². The van der Waals surface area contributed by atoms with Crippen molar-refractivity contribution in [1.82, 2.24) is 9.88 Å². The maximum atomic E-state index is 12.7. The summed E-state index contributed by atoms with van der Waals surface area (Å²) in [5.74, 6) is 0.0379. The Morgan fingerprint density at radius 1 is 1.11 bits per heavy atom. The van der Waals surface area contributed by atoms with E-state index in [-0.39, 0.29) is 5.91 Å². The molecule has 6 heteroatoms. The van der Waals surface area contributed by atoms with Crippen LogP contribution in [-0.4, -0.2) is 48.1 Å². The predicted molar refractivity (Wildman–Crippen MR) is 103 cm³/mol. The summed E-state index contributed by atoms with van der Waals surface area (Å²) < 4.78 is 10.7. The maximum absolute atomic E-state index is 12.7. The summed E-state index contributed by atoms with van der Waals surface area (Å²) in [5.41, 5.74) is 1.72. The van der Waals surface area contributed by atoms with Gasteiger partial charge in [-0.1, -0.05) is 12.8 Å². The Hall–Kier alpha value is -2.63. The molecule has 0 aliphatic carbocycles. The number of likely N-dealkylation sites (tertiary alicyclic amines) is 1. The average molecular weight is 370 g/mol. The molecule has 0 radical (unpaired) electrons. The standard InChI is InChI=1S/C21H26N2O4/c1-14-18(13-16-12-17(26-3)8-9-19(16)22-14)21(25)27-15(2)20(24)23-10-6-4-5-7-11-23/h8-9,12-13,15H,4-7,10-11H2,1-3H3. The first kappa shape index (κ1) is 19.1. The van der Waals surface area contributed by atoms with E-state index in [1.807, 2.05) is 18.2 Å². The molecule has 2 aromatic rings. The van der Waals surface area contributed by atoms with Crippen LogP contribution in [0.25, 0.3) is 10.9 Å². The van der Waals surface area contributed by atoms with Crippen molar-refractivity contribution >= 4 is 22.8 Å². The molecular formula is C21H26N2O4. The Morgan fingerprint density at radius 2 is 1.81 bits per heavy atom. The van der Waals surface area contributed by atoms with Crippen molar-refractivity contribution in [2.24, 2.45) is 0 Å². The first-order valence-corrected chi connectivity index (χ1v) is 9.45. The molecule has 1 aliphatic heterocycles. The fourth-order valence-corrected chi connectivity index (χ4v) is 3.41. The van der Waals surface area contributed by atoms with Crippen LogP contribution in [-0.2, 0) is 9.53 Å². The van der Waals surface area contributed by atoms with Gasteiger partial charge in [0.2, 0.25) is 0 Å². The minimum absolute atomic E-state index is 0.127. The number of ether oxygens (including phenoxy) is 2. The van der Waals surface area contributed by atoms with Gasteiger partial charge in [0.1, 0.15) is 5.75 Å². The van der Waals surface area contributed by atoms with Gasteiger partial charge >= 0.3 is 5.97 Å². The van der Waals surface area contributed by atoms with E-state index in [1.165, 1.54) is 0 Å². The number of aromatic nitrogens is 1. The lowest BCUT2D eigenvalue weighted by molar-refractivity contribution is -0.139. The fourth-order valence-electron chi connectivity index (χ4n) is 3.41. The molecule has 144 valence electrons. The summed E-state index contributed by atoms with van der Waals surface area (Å²) in [4.78, 5) is 31.6. The number of hydrogen-bond donors (Lipinski definition) is 0. The zero-order valence-corrected chi connectivity index (χ0v) is 16.2. The molecule has 6 nitrogen and oxygen atoms in total. The highest BCUT2D eigenvalue weighted by Gasteiger charge is 2.25. The number of rotatable bonds is 4. The number of aryl methyl sites for hydroxylation is 1. The van der Waals surface area contributed by atoms with E-state index in [0.717, 1.165) is 49.7 Å². The van der Waals surface area contributed by atoms with Crippen LogP contribution in [0, 0.1) is 6.92 Å². The van der Waals surface area contributed by atoms with Crippen LogP contribution in [0.2, 0.25) is 0 Å². The molecule has 1 unspecified atom stereocenters. The quantitative estimate of drug-likeness (QED) is 0.771. The molecule has 1 aromatic carbocycles. The highest BCUT2D eigenvalue weighted by atomic mass is 16.5. The summed E-state index contributed by atoms with van der Waals surface area (Å²) in [6, 6.07) is 7.24. The molecule has 1 fully saturated rings. The van der Waals surface area contributed by atoms with Crippen molar-refractivity contribution in [1.29, 1.82) is 0 Å². The van der Waals surface area contributed by atoms with Crippen LogP contribution in [0.1, 0.15) is 48.7 Å². The second-order valence-corrected chi connectivity index (χ2v) is 6.97. The van der Waals surface area contributed by atoms with Crippen molar-refractivity contribution in [3.8, 4) is 5.75 Å². The fraction of sp³-hybridized carbons (Fsp3) is 0.476. The summed E-state index contributed by atoms with van der Waals surface area (Å²) >= 11 is 0. The van der Waals surface area contributed by atoms with Crippen LogP contribution < -0.4 is 4.74 Å². The average Bonchev–Trinajstić information content (AvgIpc) is 2.95. The van der Waals surface area contributed by atoms with E-state index in [9.17, 15) is 9.59 Å². The highest BCUT2D eigenvalue weighted by molar-refractivity contribution is 5.96. The van der Waals surface area contributed by atoms with Gasteiger partial charge in [0.25, 0.3) is 5.91 Å². The third kappa shape index (κ3) is 4.38. The molecule has 27 heavy (non-hydrogen) atoms. The van der Waals surface area contributed by atoms with Crippen molar-refractivity contribution in [3.05, 3.63) is 35.5 Å². The molecule has 0 N–H and O–H groups in total. The molecule has 0 spiro atoms. The van der Waals surface area contributed by atoms with Crippen LogP contribution in [0.15, 0.2) is 24.3 Å². The molecule has 0 bridgehead atoms. The number of methoxy groups -OCH3 is 1. The lowest BCUT2D eigenvalue weighted by Crippen LogP contribution is -2.40. The number of carbonyl (C=O) groups excluding carboxylic acids is 2. The van der Waals surface area contributed by atoms with Crippen LogP contribution in [0.5, 0.6) is 5.75 Å². The molecule has 1 aromatic heterocycles. The largest absolute Gasteiger partial charge is 0.497 e. The van der Waals surface area contributed by atoms with Crippen molar-refractivity contribution in [2.75, 3.05) is 20.2 Å². The number of amides is 1. The Kier molecular flexibility index (Phi) is 5.94. The van der Waals surface area contributed by atoms with E-state index in [2.05, 4.69) is 4.98 Å². The van der Waals surface area contributed by atoms with Gasteiger partial charge in [-0.05, 0) is 51.0 Å². The minimum Gasteiger partial charge on any atom is -0.497 e. The van der Waals surface area contributed by atoms with Gasteiger partial charge < -0.3 is 14.4 Å². The second-order valence-electron chi connectivity index (χ2n) is 6.97. The third-order valence-corrected chi connectivity index (χ3v) is 4.98. The number of hydrogen-bond acceptors (Lipinski definition) is 5. The number of pyridine rings is 1. The van der Waals surface area contributed by atoms with Gasteiger partial charge in [0, 0.05) is 18.5 Å². The Labute approximate surface area is 159 Å². The van der Waals surface area contributed by atoms with E-state index >= 15 is 0 Å². The summed E-state index contributed by atoms with van der Waals surface area (Å²) in [6.07, 6.45) is 3.48. The van der Waals surface area contributed by atoms with Gasteiger partial charge in [-0.15, -0.1) is 0 Å². The molecule has 1 saturated heterocycles. The topological polar surface area (TPSA) is 68.7 Å². The van der Waals surface area contributed by atoms with Gasteiger partial charge in [0.15, 0.2) is 6.10 Å². The highest BCUT2D eigenvalue weighted by Crippen LogP contribution is 2.23. The van der Waals surface area contributed by atoms with E-state index in [4.69, 9.17) is 9.47 Å². The van der Waals surface area contributed by atoms with Crippen LogP contribution in [0.3, 0.4) is 0 Å². The van der Waals surface area contributed by atoms with E-state index < -0.39 is 12.1 Å². The number of fused-ring (bicyclic) bond motifs is 1. The first-order valence-electron chi connectivity index (χ1n) is 9.45. The van der Waals surface area contributed by atoms with E-state index in [0.29, 0.717) is 17.0 Å². The summed E-state index contributed by atoms with van der Waals surface area (Å²) in [7, 11) is 1.59. The van der Waals surface area contributed by atoms with Crippen LogP contribution >= 0.6 is 0 Å². The number of nitrogens with zero attached hydrogens (tertiary/aromatic N) is 2. The molecule has 2 heterocycles. The predicted octanol–water partition coefficient (Wildman–Crippen LogP) is 3.50. The number of esters is 1. The van der Waals surface area contributed by atoms with Crippen molar-refractivity contribution in [3.63, 3.8) is 0 Å². The zero-order chi connectivity index (χ0) is 19.4. The SMILES string of the molecule is COc1ccc2nc(C)c(C(=O)OC(C)C(=O)N3CCCCCC3)cc2c1. The van der Waals surface area contributed by atoms with Crippen molar-refractivity contribution in [2.45, 2.75) is 45.6 Å².